The van der Waals surface area contributed by atoms with E-state index in [9.17, 15) is 4.79 Å². The lowest BCUT2D eigenvalue weighted by molar-refractivity contribution is 0.256. The van der Waals surface area contributed by atoms with Gasteiger partial charge in [0.15, 0.2) is 0 Å². The van der Waals surface area contributed by atoms with Crippen molar-refractivity contribution in [2.75, 3.05) is 10.2 Å². The maximum atomic E-state index is 13.1. The number of nitrogens with zero attached hydrogens (tertiary/aromatic N) is 3. The Morgan fingerprint density at radius 3 is 2.70 bits per heavy atom. The highest BCUT2D eigenvalue weighted by atomic mass is 16.2. The van der Waals surface area contributed by atoms with E-state index in [2.05, 4.69) is 28.3 Å². The predicted molar refractivity (Wildman–Crippen MR) is 108 cm³/mol. The van der Waals surface area contributed by atoms with Crippen LogP contribution in [0.1, 0.15) is 12.5 Å². The molecule has 0 radical (unpaired) electrons. The average Bonchev–Trinajstić information content (AvgIpc) is 3.04. The van der Waals surface area contributed by atoms with Gasteiger partial charge in [-0.3, -0.25) is 14.9 Å². The summed E-state index contributed by atoms with van der Waals surface area (Å²) in [6.07, 6.45) is 4.37. The first-order valence-corrected chi connectivity index (χ1v) is 9.03. The fraction of sp³-hybridized carbons (Fsp3) is 0.136. The van der Waals surface area contributed by atoms with Gasteiger partial charge in [0.25, 0.3) is 0 Å². The molecule has 2 aromatic heterocycles. The van der Waals surface area contributed by atoms with Crippen molar-refractivity contribution in [1.29, 1.82) is 0 Å². The van der Waals surface area contributed by atoms with E-state index < -0.39 is 0 Å². The molecule has 1 N–H and O–H groups in total. The van der Waals surface area contributed by atoms with E-state index in [0.29, 0.717) is 5.69 Å². The number of urea groups is 1. The van der Waals surface area contributed by atoms with Crippen LogP contribution in [0.3, 0.4) is 0 Å². The third-order valence-electron chi connectivity index (χ3n) is 5.14. The molecule has 3 heterocycles. The van der Waals surface area contributed by atoms with E-state index in [4.69, 9.17) is 0 Å². The Morgan fingerprint density at radius 1 is 1.04 bits per heavy atom. The first kappa shape index (κ1) is 15.8. The Bertz CT molecular complexity index is 1190. The second-order valence-corrected chi connectivity index (χ2v) is 6.88. The molecule has 2 aromatic carbocycles. The molecule has 0 fully saturated rings. The lowest BCUT2D eigenvalue weighted by Crippen LogP contribution is -2.39. The fourth-order valence-corrected chi connectivity index (χ4v) is 3.95. The van der Waals surface area contributed by atoms with Gasteiger partial charge in [0, 0.05) is 34.9 Å². The third kappa shape index (κ3) is 2.51. The number of hydrogen-bond donors (Lipinski definition) is 1. The van der Waals surface area contributed by atoms with Crippen LogP contribution in [0.5, 0.6) is 0 Å². The molecular weight excluding hydrogens is 336 g/mol. The highest BCUT2D eigenvalue weighted by Gasteiger charge is 2.31. The molecule has 1 atom stereocenters. The zero-order chi connectivity index (χ0) is 18.4. The quantitative estimate of drug-likeness (QED) is 0.501. The zero-order valence-corrected chi connectivity index (χ0v) is 14.9. The van der Waals surface area contributed by atoms with Crippen molar-refractivity contribution in [1.82, 2.24) is 9.97 Å². The van der Waals surface area contributed by atoms with Crippen LogP contribution in [-0.2, 0) is 6.42 Å². The Kier molecular flexibility index (Phi) is 3.53. The summed E-state index contributed by atoms with van der Waals surface area (Å²) < 4.78 is 0. The lowest BCUT2D eigenvalue weighted by atomic mass is 10.1. The number of aromatic nitrogens is 2. The molecular formula is C22H18N4O. The molecule has 132 valence electrons. The molecule has 1 aliphatic heterocycles. The highest BCUT2D eigenvalue weighted by molar-refractivity contribution is 6.14. The maximum Gasteiger partial charge on any atom is 0.326 e. The molecule has 5 heteroatoms. The van der Waals surface area contributed by atoms with Gasteiger partial charge in [0.05, 0.1) is 16.7 Å². The minimum Gasteiger partial charge on any atom is -0.305 e. The smallest absolute Gasteiger partial charge is 0.305 e. The molecule has 2 amide bonds. The van der Waals surface area contributed by atoms with E-state index in [0.717, 1.165) is 33.9 Å². The molecule has 5 rings (SSSR count). The topological polar surface area (TPSA) is 58.1 Å². The van der Waals surface area contributed by atoms with Crippen LogP contribution in [0.4, 0.5) is 16.2 Å². The first-order chi connectivity index (χ1) is 13.2. The van der Waals surface area contributed by atoms with Crippen LogP contribution in [0.15, 0.2) is 67.0 Å². The Morgan fingerprint density at radius 2 is 1.81 bits per heavy atom. The SMILES string of the molecule is C[C@H]1Cc2ccccc2N1C(=O)Nc1cc2ncccc2c2cccnc12. The summed E-state index contributed by atoms with van der Waals surface area (Å²) in [7, 11) is 0. The molecule has 0 saturated carbocycles. The van der Waals surface area contributed by atoms with Gasteiger partial charge in [-0.2, -0.15) is 0 Å². The number of fused-ring (bicyclic) bond motifs is 4. The second kappa shape index (κ2) is 6.06. The van der Waals surface area contributed by atoms with E-state index in [1.807, 2.05) is 53.4 Å². The monoisotopic (exact) mass is 354 g/mol. The second-order valence-electron chi connectivity index (χ2n) is 6.88. The van der Waals surface area contributed by atoms with Crippen molar-refractivity contribution in [3.05, 3.63) is 72.6 Å². The van der Waals surface area contributed by atoms with Crippen LogP contribution in [0.25, 0.3) is 21.8 Å². The van der Waals surface area contributed by atoms with Crippen molar-refractivity contribution >= 4 is 39.2 Å². The zero-order valence-electron chi connectivity index (χ0n) is 14.9. The standard InChI is InChI=1S/C22H18N4O/c1-14-12-15-6-2-3-9-20(15)26(14)22(27)25-19-13-18-16(7-4-10-23-18)17-8-5-11-24-21(17)19/h2-11,13-14H,12H2,1H3,(H,25,27)/t14-/m0/s1. The van der Waals surface area contributed by atoms with E-state index in [-0.39, 0.29) is 12.1 Å². The van der Waals surface area contributed by atoms with Crippen LogP contribution in [0.2, 0.25) is 0 Å². The van der Waals surface area contributed by atoms with Crippen LogP contribution < -0.4 is 10.2 Å². The molecule has 0 unspecified atom stereocenters. The number of carbonyl (C=O) groups excluding carboxylic acids is 1. The summed E-state index contributed by atoms with van der Waals surface area (Å²) in [4.78, 5) is 23.9. The number of amides is 2. The summed E-state index contributed by atoms with van der Waals surface area (Å²) >= 11 is 0. The van der Waals surface area contributed by atoms with Crippen molar-refractivity contribution in [3.8, 4) is 0 Å². The predicted octanol–water partition coefficient (Wildman–Crippen LogP) is 4.77. The number of benzene rings is 2. The molecule has 0 aliphatic carbocycles. The summed E-state index contributed by atoms with van der Waals surface area (Å²) in [5.41, 5.74) is 4.45. The van der Waals surface area contributed by atoms with Crippen molar-refractivity contribution in [2.24, 2.45) is 0 Å². The normalized spacial score (nSPS) is 15.9. The number of hydrogen-bond acceptors (Lipinski definition) is 3. The molecule has 27 heavy (non-hydrogen) atoms. The Hall–Kier alpha value is -3.47. The molecule has 5 nitrogen and oxygen atoms in total. The molecule has 4 aromatic rings. The van der Waals surface area contributed by atoms with Gasteiger partial charge < -0.3 is 5.32 Å². The largest absolute Gasteiger partial charge is 0.326 e. The number of nitrogens with one attached hydrogen (secondary N) is 1. The summed E-state index contributed by atoms with van der Waals surface area (Å²) in [5, 5.41) is 5.08. The van der Waals surface area contributed by atoms with Gasteiger partial charge in [0.2, 0.25) is 0 Å². The first-order valence-electron chi connectivity index (χ1n) is 9.03. The average molecular weight is 354 g/mol. The number of anilines is 2. The van der Waals surface area contributed by atoms with E-state index in [1.165, 1.54) is 5.56 Å². The van der Waals surface area contributed by atoms with Crippen molar-refractivity contribution in [2.45, 2.75) is 19.4 Å². The van der Waals surface area contributed by atoms with Crippen LogP contribution in [0, 0.1) is 0 Å². The van der Waals surface area contributed by atoms with Gasteiger partial charge in [-0.05, 0) is 43.2 Å². The lowest BCUT2D eigenvalue weighted by Gasteiger charge is -2.23. The van der Waals surface area contributed by atoms with Crippen LogP contribution >= 0.6 is 0 Å². The molecule has 0 bridgehead atoms. The van der Waals surface area contributed by atoms with Gasteiger partial charge in [-0.1, -0.05) is 30.3 Å². The van der Waals surface area contributed by atoms with Crippen molar-refractivity contribution in [3.63, 3.8) is 0 Å². The van der Waals surface area contributed by atoms with Crippen LogP contribution in [-0.4, -0.2) is 22.0 Å². The maximum absolute atomic E-state index is 13.1. The Balaban J connectivity index is 1.59. The fourth-order valence-electron chi connectivity index (χ4n) is 3.95. The number of rotatable bonds is 1. The molecule has 1 aliphatic rings. The molecule has 0 saturated heterocycles. The Labute approximate surface area is 156 Å². The highest BCUT2D eigenvalue weighted by Crippen LogP contribution is 2.34. The van der Waals surface area contributed by atoms with Gasteiger partial charge in [-0.25, -0.2) is 4.79 Å². The minimum absolute atomic E-state index is 0.111. The molecule has 0 spiro atoms. The number of para-hydroxylation sites is 1. The van der Waals surface area contributed by atoms with E-state index in [1.54, 1.807) is 12.4 Å². The summed E-state index contributed by atoms with van der Waals surface area (Å²) in [5.74, 6) is 0. The summed E-state index contributed by atoms with van der Waals surface area (Å²) in [6, 6.07) is 17.8. The third-order valence-corrected chi connectivity index (χ3v) is 5.14. The van der Waals surface area contributed by atoms with Gasteiger partial charge >= 0.3 is 6.03 Å². The number of carbonyl (C=O) groups is 1. The van der Waals surface area contributed by atoms with E-state index >= 15 is 0 Å². The van der Waals surface area contributed by atoms with Gasteiger partial charge in [0.1, 0.15) is 0 Å². The summed E-state index contributed by atoms with van der Waals surface area (Å²) in [6.45, 7) is 2.07. The van der Waals surface area contributed by atoms with Crippen molar-refractivity contribution < 1.29 is 4.79 Å². The minimum atomic E-state index is -0.144. The van der Waals surface area contributed by atoms with Gasteiger partial charge in [-0.15, -0.1) is 0 Å². The number of pyridine rings is 2.